The summed E-state index contributed by atoms with van der Waals surface area (Å²) in [6.45, 7) is 16.3. The van der Waals surface area contributed by atoms with Crippen molar-refractivity contribution in [3.05, 3.63) is 21.9 Å². The highest BCUT2D eigenvalue weighted by Crippen LogP contribution is 2.32. The summed E-state index contributed by atoms with van der Waals surface area (Å²) >= 11 is 1.96. The van der Waals surface area contributed by atoms with E-state index in [1.165, 1.54) is 22.7 Å². The molecule has 0 radical (unpaired) electrons. The number of hydrogen-bond acceptors (Lipinski definition) is 3. The molecule has 2 rings (SSSR count). The first-order valence-corrected chi connectivity index (χ1v) is 9.31. The maximum absolute atomic E-state index is 3.80. The monoisotopic (exact) mass is 308 g/mol. The molecule has 1 aromatic heterocycles. The molecule has 0 bridgehead atoms. The van der Waals surface area contributed by atoms with Gasteiger partial charge in [-0.1, -0.05) is 34.1 Å². The molecule has 0 saturated carbocycles. The second-order valence-corrected chi connectivity index (χ2v) is 8.35. The summed E-state index contributed by atoms with van der Waals surface area (Å²) in [7, 11) is 0. The lowest BCUT2D eigenvalue weighted by molar-refractivity contribution is 0.0500. The van der Waals surface area contributed by atoms with E-state index in [-0.39, 0.29) is 0 Å². The number of thiophene rings is 1. The SMILES string of the molecule is CCC(C)C1CN(C(C)c2ccc(C)s2)C(C(C)C)CN1. The minimum atomic E-state index is 0.532. The van der Waals surface area contributed by atoms with Crippen LogP contribution in [0.4, 0.5) is 0 Å². The van der Waals surface area contributed by atoms with Crippen LogP contribution in [0.5, 0.6) is 0 Å². The quantitative estimate of drug-likeness (QED) is 0.864. The normalized spacial score (nSPS) is 27.0. The highest BCUT2D eigenvalue weighted by atomic mass is 32.1. The zero-order valence-electron chi connectivity index (χ0n) is 14.5. The molecule has 4 unspecified atom stereocenters. The lowest BCUT2D eigenvalue weighted by Gasteiger charge is -2.46. The largest absolute Gasteiger partial charge is 0.311 e. The van der Waals surface area contributed by atoms with E-state index in [9.17, 15) is 0 Å². The first-order valence-electron chi connectivity index (χ1n) is 8.49. The fourth-order valence-electron chi connectivity index (χ4n) is 3.39. The summed E-state index contributed by atoms with van der Waals surface area (Å²) in [5, 5.41) is 3.80. The van der Waals surface area contributed by atoms with Crippen LogP contribution in [-0.2, 0) is 0 Å². The van der Waals surface area contributed by atoms with Crippen LogP contribution in [-0.4, -0.2) is 30.1 Å². The van der Waals surface area contributed by atoms with E-state index in [0.29, 0.717) is 24.0 Å². The van der Waals surface area contributed by atoms with E-state index in [1.54, 1.807) is 0 Å². The molecule has 0 aromatic carbocycles. The van der Waals surface area contributed by atoms with Gasteiger partial charge in [0.25, 0.3) is 0 Å². The maximum atomic E-state index is 3.80. The van der Waals surface area contributed by atoms with Gasteiger partial charge in [-0.3, -0.25) is 4.90 Å². The summed E-state index contributed by atoms with van der Waals surface area (Å²) in [6, 6.07) is 6.39. The van der Waals surface area contributed by atoms with Gasteiger partial charge in [-0.25, -0.2) is 0 Å². The molecule has 2 heterocycles. The number of hydrogen-bond donors (Lipinski definition) is 1. The van der Waals surface area contributed by atoms with Crippen LogP contribution < -0.4 is 5.32 Å². The van der Waals surface area contributed by atoms with E-state index in [2.05, 4.69) is 63.9 Å². The predicted molar refractivity (Wildman–Crippen MR) is 94.0 cm³/mol. The van der Waals surface area contributed by atoms with Crippen molar-refractivity contribution >= 4 is 11.3 Å². The van der Waals surface area contributed by atoms with Crippen molar-refractivity contribution in [2.75, 3.05) is 13.1 Å². The van der Waals surface area contributed by atoms with Crippen molar-refractivity contribution in [1.29, 1.82) is 0 Å². The molecular weight excluding hydrogens is 276 g/mol. The smallest absolute Gasteiger partial charge is 0.0417 e. The Balaban J connectivity index is 2.17. The average Bonchev–Trinajstić information content (AvgIpc) is 2.91. The maximum Gasteiger partial charge on any atom is 0.0417 e. The molecule has 0 aliphatic carbocycles. The van der Waals surface area contributed by atoms with E-state index in [1.807, 2.05) is 11.3 Å². The van der Waals surface area contributed by atoms with Gasteiger partial charge in [0.1, 0.15) is 0 Å². The topological polar surface area (TPSA) is 15.3 Å². The van der Waals surface area contributed by atoms with Gasteiger partial charge in [-0.05, 0) is 37.8 Å². The van der Waals surface area contributed by atoms with Gasteiger partial charge in [0, 0.05) is 41.0 Å². The molecule has 1 saturated heterocycles. The Bertz CT molecular complexity index is 440. The summed E-state index contributed by atoms with van der Waals surface area (Å²) < 4.78 is 0. The summed E-state index contributed by atoms with van der Waals surface area (Å²) in [5.74, 6) is 1.44. The third-order valence-corrected chi connectivity index (χ3v) is 6.36. The van der Waals surface area contributed by atoms with Gasteiger partial charge in [-0.15, -0.1) is 11.3 Å². The van der Waals surface area contributed by atoms with Crippen molar-refractivity contribution in [3.8, 4) is 0 Å². The molecule has 3 heteroatoms. The van der Waals surface area contributed by atoms with Crippen LogP contribution >= 0.6 is 11.3 Å². The zero-order valence-corrected chi connectivity index (χ0v) is 15.3. The molecule has 1 fully saturated rings. The lowest BCUT2D eigenvalue weighted by atomic mass is 9.91. The summed E-state index contributed by atoms with van der Waals surface area (Å²) in [5.41, 5.74) is 0. The minimum absolute atomic E-state index is 0.532. The van der Waals surface area contributed by atoms with Crippen molar-refractivity contribution in [1.82, 2.24) is 10.2 Å². The first-order chi connectivity index (χ1) is 9.93. The Morgan fingerprint density at radius 3 is 2.52 bits per heavy atom. The molecule has 120 valence electrons. The van der Waals surface area contributed by atoms with Crippen LogP contribution in [0, 0.1) is 18.8 Å². The highest BCUT2D eigenvalue weighted by molar-refractivity contribution is 7.12. The molecule has 1 N–H and O–H groups in total. The lowest BCUT2D eigenvalue weighted by Crippen LogP contribution is -2.60. The highest BCUT2D eigenvalue weighted by Gasteiger charge is 2.35. The Hall–Kier alpha value is -0.380. The van der Waals surface area contributed by atoms with Gasteiger partial charge < -0.3 is 5.32 Å². The first kappa shape index (κ1) is 17.0. The van der Waals surface area contributed by atoms with Crippen LogP contribution in [0.25, 0.3) is 0 Å². The molecule has 21 heavy (non-hydrogen) atoms. The summed E-state index contributed by atoms with van der Waals surface area (Å²) in [6.07, 6.45) is 1.25. The molecule has 1 aliphatic heterocycles. The fraction of sp³-hybridized carbons (Fsp3) is 0.778. The van der Waals surface area contributed by atoms with E-state index >= 15 is 0 Å². The van der Waals surface area contributed by atoms with Gasteiger partial charge in [-0.2, -0.15) is 0 Å². The fourth-order valence-corrected chi connectivity index (χ4v) is 4.34. The molecule has 0 amide bonds. The van der Waals surface area contributed by atoms with Crippen molar-refractivity contribution < 1.29 is 0 Å². The summed E-state index contributed by atoms with van der Waals surface area (Å²) in [4.78, 5) is 5.69. The van der Waals surface area contributed by atoms with Crippen LogP contribution in [0.3, 0.4) is 0 Å². The number of nitrogens with one attached hydrogen (secondary N) is 1. The number of aryl methyl sites for hydroxylation is 1. The van der Waals surface area contributed by atoms with E-state index in [0.717, 1.165) is 12.5 Å². The second-order valence-electron chi connectivity index (χ2n) is 7.03. The van der Waals surface area contributed by atoms with Gasteiger partial charge in [0.05, 0.1) is 0 Å². The Labute approximate surface area is 134 Å². The number of nitrogens with zero attached hydrogens (tertiary/aromatic N) is 1. The number of rotatable bonds is 5. The Morgan fingerprint density at radius 2 is 2.00 bits per heavy atom. The molecule has 1 aliphatic rings. The number of piperazine rings is 1. The Morgan fingerprint density at radius 1 is 1.29 bits per heavy atom. The van der Waals surface area contributed by atoms with E-state index in [4.69, 9.17) is 0 Å². The molecule has 4 atom stereocenters. The van der Waals surface area contributed by atoms with Crippen molar-refractivity contribution in [3.63, 3.8) is 0 Å². The minimum Gasteiger partial charge on any atom is -0.311 e. The molecule has 0 spiro atoms. The van der Waals surface area contributed by atoms with Crippen LogP contribution in [0.15, 0.2) is 12.1 Å². The van der Waals surface area contributed by atoms with Crippen molar-refractivity contribution in [2.45, 2.75) is 66.1 Å². The van der Waals surface area contributed by atoms with Gasteiger partial charge in [0.2, 0.25) is 0 Å². The van der Waals surface area contributed by atoms with Crippen LogP contribution in [0.1, 0.15) is 56.8 Å². The zero-order chi connectivity index (χ0) is 15.6. The molecule has 2 nitrogen and oxygen atoms in total. The van der Waals surface area contributed by atoms with Crippen LogP contribution in [0.2, 0.25) is 0 Å². The van der Waals surface area contributed by atoms with Gasteiger partial charge >= 0.3 is 0 Å². The standard InChI is InChI=1S/C18H32N2S/c1-7-13(4)16-11-20(17(10-19-16)12(2)3)15(6)18-9-8-14(5)21-18/h8-9,12-13,15-17,19H,7,10-11H2,1-6H3. The average molecular weight is 309 g/mol. The second kappa shape index (κ2) is 7.26. The third-order valence-electron chi connectivity index (χ3n) is 5.19. The third kappa shape index (κ3) is 3.88. The molecular formula is C18H32N2S. The Kier molecular flexibility index (Phi) is 5.87. The van der Waals surface area contributed by atoms with Crippen molar-refractivity contribution in [2.24, 2.45) is 11.8 Å². The molecule has 1 aromatic rings. The van der Waals surface area contributed by atoms with Gasteiger partial charge in [0.15, 0.2) is 0 Å². The predicted octanol–water partition coefficient (Wildman–Crippen LogP) is 4.46. The van der Waals surface area contributed by atoms with E-state index < -0.39 is 0 Å².